The second kappa shape index (κ2) is 4.82. The topological polar surface area (TPSA) is 26.3 Å². The van der Waals surface area contributed by atoms with Crippen LogP contribution in [-0.2, 0) is 9.53 Å². The molecule has 0 unspecified atom stereocenters. The largest absolute Gasteiger partial charge is 0.456 e. The lowest BCUT2D eigenvalue weighted by atomic mass is 9.80. The van der Waals surface area contributed by atoms with E-state index in [1.807, 2.05) is 13.8 Å². The molecular weight excluding hydrogens is 188 g/mol. The number of ether oxygens (including phenoxy) is 1. The van der Waals surface area contributed by atoms with Gasteiger partial charge in [-0.3, -0.25) is 0 Å². The van der Waals surface area contributed by atoms with Gasteiger partial charge in [0.05, 0.1) is 0 Å². The molecule has 0 N–H and O–H groups in total. The second-order valence-corrected chi connectivity index (χ2v) is 5.62. The van der Waals surface area contributed by atoms with Crippen molar-refractivity contribution in [2.24, 2.45) is 5.41 Å². The van der Waals surface area contributed by atoms with Crippen LogP contribution >= 0.6 is 0 Å². The molecule has 0 amide bonds. The summed E-state index contributed by atoms with van der Waals surface area (Å²) in [5.41, 5.74) is 0.228. The molecule has 0 aliphatic heterocycles. The van der Waals surface area contributed by atoms with Gasteiger partial charge in [0.15, 0.2) is 0 Å². The number of rotatable bonds is 5. The number of carbonyl (C=O) groups excluding carboxylic acids is 1. The van der Waals surface area contributed by atoms with Gasteiger partial charge in [0, 0.05) is 5.57 Å². The average Bonchev–Trinajstić information content (AvgIpc) is 2.01. The van der Waals surface area contributed by atoms with Crippen LogP contribution in [0, 0.1) is 5.41 Å². The minimum absolute atomic E-state index is 0.193. The summed E-state index contributed by atoms with van der Waals surface area (Å²) in [5.74, 6) is -0.299. The third-order valence-electron chi connectivity index (χ3n) is 2.58. The van der Waals surface area contributed by atoms with Crippen LogP contribution in [-0.4, -0.2) is 11.6 Å². The zero-order valence-corrected chi connectivity index (χ0v) is 10.9. The molecule has 2 nitrogen and oxygen atoms in total. The lowest BCUT2D eigenvalue weighted by Crippen LogP contribution is -2.33. The third-order valence-corrected chi connectivity index (χ3v) is 2.58. The van der Waals surface area contributed by atoms with E-state index in [1.54, 1.807) is 6.92 Å². The van der Waals surface area contributed by atoms with Gasteiger partial charge < -0.3 is 4.74 Å². The zero-order valence-electron chi connectivity index (χ0n) is 10.9. The third kappa shape index (κ3) is 5.60. The van der Waals surface area contributed by atoms with Gasteiger partial charge in [0.2, 0.25) is 0 Å². The maximum absolute atomic E-state index is 11.4. The molecule has 0 saturated carbocycles. The molecule has 0 rings (SSSR count). The Bertz CT molecular complexity index is 249. The van der Waals surface area contributed by atoms with Gasteiger partial charge in [-0.25, -0.2) is 4.79 Å². The molecule has 15 heavy (non-hydrogen) atoms. The molecule has 0 aromatic heterocycles. The summed E-state index contributed by atoms with van der Waals surface area (Å²) in [7, 11) is 0. The minimum atomic E-state index is -0.421. The summed E-state index contributed by atoms with van der Waals surface area (Å²) < 4.78 is 5.40. The SMILES string of the molecule is C=C(C)C(=O)OC(C)(C)CC(C)(C)CC. The van der Waals surface area contributed by atoms with Crippen molar-refractivity contribution in [2.75, 3.05) is 0 Å². The van der Waals surface area contributed by atoms with E-state index >= 15 is 0 Å². The van der Waals surface area contributed by atoms with E-state index in [0.29, 0.717) is 5.57 Å². The highest BCUT2D eigenvalue weighted by atomic mass is 16.6. The molecule has 0 aliphatic rings. The summed E-state index contributed by atoms with van der Waals surface area (Å²) in [5, 5.41) is 0. The van der Waals surface area contributed by atoms with Crippen LogP contribution in [0.15, 0.2) is 12.2 Å². The molecule has 0 bridgehead atoms. The minimum Gasteiger partial charge on any atom is -0.456 e. The molecule has 2 heteroatoms. The van der Waals surface area contributed by atoms with Crippen LogP contribution < -0.4 is 0 Å². The Kier molecular flexibility index (Phi) is 4.57. The van der Waals surface area contributed by atoms with Crippen LogP contribution in [0.25, 0.3) is 0 Å². The number of hydrogen-bond donors (Lipinski definition) is 0. The Balaban J connectivity index is 4.43. The predicted octanol–water partition coefficient (Wildman–Crippen LogP) is 3.71. The number of hydrogen-bond acceptors (Lipinski definition) is 2. The fourth-order valence-electron chi connectivity index (χ4n) is 1.65. The highest BCUT2D eigenvalue weighted by molar-refractivity contribution is 5.87. The Labute approximate surface area is 93.7 Å². The Morgan fingerprint density at radius 2 is 1.73 bits per heavy atom. The number of carbonyl (C=O) groups is 1. The van der Waals surface area contributed by atoms with Gasteiger partial charge in [-0.2, -0.15) is 0 Å². The molecule has 88 valence electrons. The summed E-state index contributed by atoms with van der Waals surface area (Å²) in [6.45, 7) is 15.7. The van der Waals surface area contributed by atoms with Gasteiger partial charge in [-0.1, -0.05) is 33.8 Å². The van der Waals surface area contributed by atoms with E-state index in [-0.39, 0.29) is 11.4 Å². The summed E-state index contributed by atoms with van der Waals surface area (Å²) in [4.78, 5) is 11.4. The molecular formula is C13H24O2. The van der Waals surface area contributed by atoms with E-state index < -0.39 is 5.60 Å². The van der Waals surface area contributed by atoms with Gasteiger partial charge >= 0.3 is 5.97 Å². The predicted molar refractivity (Wildman–Crippen MR) is 63.7 cm³/mol. The first kappa shape index (κ1) is 14.2. The maximum atomic E-state index is 11.4. The fourth-order valence-corrected chi connectivity index (χ4v) is 1.65. The molecule has 0 fully saturated rings. The maximum Gasteiger partial charge on any atom is 0.333 e. The van der Waals surface area contributed by atoms with Crippen LogP contribution in [0.2, 0.25) is 0 Å². The normalized spacial score (nSPS) is 12.4. The van der Waals surface area contributed by atoms with Gasteiger partial charge in [0.25, 0.3) is 0 Å². The molecule has 0 spiro atoms. The molecule has 0 atom stereocenters. The van der Waals surface area contributed by atoms with Crippen molar-refractivity contribution >= 4 is 5.97 Å². The van der Waals surface area contributed by atoms with E-state index in [2.05, 4.69) is 27.4 Å². The first-order valence-electron chi connectivity index (χ1n) is 5.48. The van der Waals surface area contributed by atoms with Crippen LogP contribution in [0.1, 0.15) is 54.4 Å². The summed E-state index contributed by atoms with van der Waals surface area (Å²) in [6.07, 6.45) is 1.93. The van der Waals surface area contributed by atoms with Crippen molar-refractivity contribution in [3.8, 4) is 0 Å². The number of esters is 1. The standard InChI is InChI=1S/C13H24O2/c1-8-12(4,5)9-13(6,7)15-11(14)10(2)3/h2,8-9H2,1,3-7H3. The molecule has 0 saturated heterocycles. The van der Waals surface area contributed by atoms with Gasteiger partial charge in [-0.15, -0.1) is 0 Å². The fraction of sp³-hybridized carbons (Fsp3) is 0.769. The average molecular weight is 212 g/mol. The Hall–Kier alpha value is -0.790. The molecule has 0 aromatic rings. The van der Waals surface area contributed by atoms with Crippen molar-refractivity contribution in [3.63, 3.8) is 0 Å². The van der Waals surface area contributed by atoms with Crippen molar-refractivity contribution < 1.29 is 9.53 Å². The quantitative estimate of drug-likeness (QED) is 0.513. The first-order valence-corrected chi connectivity index (χ1v) is 5.48. The Morgan fingerprint density at radius 3 is 2.07 bits per heavy atom. The highest BCUT2D eigenvalue weighted by Crippen LogP contribution is 2.33. The monoisotopic (exact) mass is 212 g/mol. The zero-order chi connectivity index (χ0) is 12.3. The summed E-state index contributed by atoms with van der Waals surface area (Å²) >= 11 is 0. The van der Waals surface area contributed by atoms with Gasteiger partial charge in [0.1, 0.15) is 5.60 Å². The second-order valence-electron chi connectivity index (χ2n) is 5.62. The smallest absolute Gasteiger partial charge is 0.333 e. The molecule has 0 aromatic carbocycles. The molecule has 0 heterocycles. The van der Waals surface area contributed by atoms with E-state index in [9.17, 15) is 4.79 Å². The first-order chi connectivity index (χ1) is 6.59. The van der Waals surface area contributed by atoms with E-state index in [0.717, 1.165) is 12.8 Å². The van der Waals surface area contributed by atoms with E-state index in [4.69, 9.17) is 4.74 Å². The van der Waals surface area contributed by atoms with Crippen LogP contribution in [0.5, 0.6) is 0 Å². The lowest BCUT2D eigenvalue weighted by Gasteiger charge is -2.34. The van der Waals surface area contributed by atoms with Crippen molar-refractivity contribution in [1.82, 2.24) is 0 Å². The lowest BCUT2D eigenvalue weighted by molar-refractivity contribution is -0.154. The Morgan fingerprint density at radius 1 is 1.27 bits per heavy atom. The molecule has 0 radical (unpaired) electrons. The summed E-state index contributed by atoms with van der Waals surface area (Å²) in [6, 6.07) is 0. The van der Waals surface area contributed by atoms with Crippen molar-refractivity contribution in [1.29, 1.82) is 0 Å². The van der Waals surface area contributed by atoms with Crippen LogP contribution in [0.4, 0.5) is 0 Å². The van der Waals surface area contributed by atoms with E-state index in [1.165, 1.54) is 0 Å². The van der Waals surface area contributed by atoms with Gasteiger partial charge in [-0.05, 0) is 32.6 Å². The molecule has 0 aliphatic carbocycles. The van der Waals surface area contributed by atoms with Crippen molar-refractivity contribution in [3.05, 3.63) is 12.2 Å². The van der Waals surface area contributed by atoms with Crippen LogP contribution in [0.3, 0.4) is 0 Å². The van der Waals surface area contributed by atoms with Crippen molar-refractivity contribution in [2.45, 2.75) is 60.0 Å². The highest BCUT2D eigenvalue weighted by Gasteiger charge is 2.30.